The number of aldehydes is 1. The highest BCUT2D eigenvalue weighted by Gasteiger charge is 2.09. The first-order chi connectivity index (χ1) is 7.83. The number of benzene rings is 1. The van der Waals surface area contributed by atoms with Crippen LogP contribution in [0.1, 0.15) is 5.56 Å². The van der Waals surface area contributed by atoms with E-state index in [-0.39, 0.29) is 6.61 Å². The van der Waals surface area contributed by atoms with E-state index in [0.29, 0.717) is 0 Å². The number of carbonyl (C=O) groups is 1. The van der Waals surface area contributed by atoms with Crippen molar-refractivity contribution in [1.29, 1.82) is 0 Å². The summed E-state index contributed by atoms with van der Waals surface area (Å²) < 4.78 is 10.5. The summed E-state index contributed by atoms with van der Waals surface area (Å²) >= 11 is 0. The molecule has 0 aliphatic heterocycles. The summed E-state index contributed by atoms with van der Waals surface area (Å²) in [6.07, 6.45) is 4.01. The molecular formula is C13H12O3. The van der Waals surface area contributed by atoms with E-state index in [2.05, 4.69) is 0 Å². The smallest absolute Gasteiger partial charge is 0.157 e. The fraction of sp³-hybridized carbons (Fsp3) is 0.154. The monoisotopic (exact) mass is 216 g/mol. The molecule has 0 spiro atoms. The molecule has 2 rings (SSSR count). The minimum absolute atomic E-state index is 0.0652. The number of aryl methyl sites for hydroxylation is 1. The van der Waals surface area contributed by atoms with Crippen molar-refractivity contribution in [3.8, 4) is 16.9 Å². The maximum atomic E-state index is 10.3. The summed E-state index contributed by atoms with van der Waals surface area (Å²) in [7, 11) is 0. The minimum atomic E-state index is 0.0652. The highest BCUT2D eigenvalue weighted by Crippen LogP contribution is 2.32. The lowest BCUT2D eigenvalue weighted by atomic mass is 10.0. The Labute approximate surface area is 93.7 Å². The van der Waals surface area contributed by atoms with Crippen LogP contribution in [-0.2, 0) is 4.79 Å². The third-order valence-electron chi connectivity index (χ3n) is 2.34. The number of rotatable bonds is 4. The van der Waals surface area contributed by atoms with Gasteiger partial charge in [-0.15, -0.1) is 0 Å². The molecule has 16 heavy (non-hydrogen) atoms. The molecule has 1 aromatic carbocycles. The summed E-state index contributed by atoms with van der Waals surface area (Å²) in [5.41, 5.74) is 2.89. The zero-order chi connectivity index (χ0) is 11.4. The van der Waals surface area contributed by atoms with Crippen LogP contribution in [0.4, 0.5) is 0 Å². The highest BCUT2D eigenvalue weighted by atomic mass is 16.5. The Morgan fingerprint density at radius 1 is 1.38 bits per heavy atom. The molecular weight excluding hydrogens is 204 g/mol. The van der Waals surface area contributed by atoms with Crippen LogP contribution >= 0.6 is 0 Å². The van der Waals surface area contributed by atoms with Gasteiger partial charge in [0, 0.05) is 11.1 Å². The number of carbonyl (C=O) groups excluding carboxylic acids is 1. The van der Waals surface area contributed by atoms with Crippen LogP contribution in [0.25, 0.3) is 11.1 Å². The molecule has 1 heterocycles. The largest absolute Gasteiger partial charge is 0.485 e. The highest BCUT2D eigenvalue weighted by molar-refractivity contribution is 5.71. The molecule has 0 aliphatic carbocycles. The van der Waals surface area contributed by atoms with Gasteiger partial charge >= 0.3 is 0 Å². The van der Waals surface area contributed by atoms with Crippen LogP contribution in [0, 0.1) is 6.92 Å². The molecule has 0 atom stereocenters. The standard InChI is InChI=1S/C13H12O3/c1-10-3-2-4-12(11-5-7-15-9-11)13(10)16-8-6-14/h2-7,9H,8H2,1H3. The van der Waals surface area contributed by atoms with Crippen LogP contribution < -0.4 is 4.74 Å². The van der Waals surface area contributed by atoms with Crippen molar-refractivity contribution in [3.63, 3.8) is 0 Å². The number of ether oxygens (including phenoxy) is 1. The van der Waals surface area contributed by atoms with Crippen molar-refractivity contribution in [3.05, 3.63) is 42.4 Å². The van der Waals surface area contributed by atoms with E-state index < -0.39 is 0 Å². The normalized spacial score (nSPS) is 10.1. The van der Waals surface area contributed by atoms with E-state index >= 15 is 0 Å². The van der Waals surface area contributed by atoms with E-state index in [1.807, 2.05) is 31.2 Å². The number of hydrogen-bond acceptors (Lipinski definition) is 3. The Balaban J connectivity index is 2.44. The molecule has 1 aromatic heterocycles. The molecule has 0 radical (unpaired) electrons. The van der Waals surface area contributed by atoms with Gasteiger partial charge in [0.2, 0.25) is 0 Å². The van der Waals surface area contributed by atoms with Crippen LogP contribution in [0.3, 0.4) is 0 Å². The molecule has 2 aromatic rings. The number of furan rings is 1. The average molecular weight is 216 g/mol. The van der Waals surface area contributed by atoms with Gasteiger partial charge in [0.25, 0.3) is 0 Å². The zero-order valence-electron chi connectivity index (χ0n) is 8.97. The van der Waals surface area contributed by atoms with Crippen molar-refractivity contribution in [1.82, 2.24) is 0 Å². The van der Waals surface area contributed by atoms with Gasteiger partial charge in [0.1, 0.15) is 12.4 Å². The molecule has 3 nitrogen and oxygen atoms in total. The van der Waals surface area contributed by atoms with Crippen molar-refractivity contribution in [2.24, 2.45) is 0 Å². The van der Waals surface area contributed by atoms with Gasteiger partial charge in [-0.05, 0) is 18.6 Å². The first-order valence-corrected chi connectivity index (χ1v) is 5.01. The Morgan fingerprint density at radius 2 is 2.25 bits per heavy atom. The first-order valence-electron chi connectivity index (χ1n) is 5.01. The van der Waals surface area contributed by atoms with Gasteiger partial charge in [-0.25, -0.2) is 0 Å². The fourth-order valence-corrected chi connectivity index (χ4v) is 1.61. The van der Waals surface area contributed by atoms with Gasteiger partial charge < -0.3 is 9.15 Å². The lowest BCUT2D eigenvalue weighted by molar-refractivity contribution is -0.109. The second kappa shape index (κ2) is 4.66. The van der Waals surface area contributed by atoms with E-state index in [1.54, 1.807) is 12.5 Å². The van der Waals surface area contributed by atoms with E-state index in [0.717, 1.165) is 28.7 Å². The van der Waals surface area contributed by atoms with E-state index in [9.17, 15) is 4.79 Å². The van der Waals surface area contributed by atoms with Gasteiger partial charge in [-0.3, -0.25) is 4.79 Å². The molecule has 0 N–H and O–H groups in total. The maximum absolute atomic E-state index is 10.3. The molecule has 0 saturated carbocycles. The molecule has 0 unspecified atom stereocenters. The third kappa shape index (κ3) is 1.98. The van der Waals surface area contributed by atoms with Crippen molar-refractivity contribution in [2.75, 3.05) is 6.61 Å². The summed E-state index contributed by atoms with van der Waals surface area (Å²) in [4.78, 5) is 10.3. The predicted octanol–water partition coefficient (Wildman–Crippen LogP) is 2.83. The Kier molecular flexibility index (Phi) is 3.05. The van der Waals surface area contributed by atoms with Crippen molar-refractivity contribution < 1.29 is 13.9 Å². The van der Waals surface area contributed by atoms with E-state index in [4.69, 9.17) is 9.15 Å². The predicted molar refractivity (Wildman–Crippen MR) is 60.4 cm³/mol. The number of hydrogen-bond donors (Lipinski definition) is 0. The zero-order valence-corrected chi connectivity index (χ0v) is 8.97. The summed E-state index contributed by atoms with van der Waals surface area (Å²) in [5, 5.41) is 0. The summed E-state index contributed by atoms with van der Waals surface area (Å²) in [6, 6.07) is 7.70. The minimum Gasteiger partial charge on any atom is -0.485 e. The Bertz CT molecular complexity index is 472. The molecule has 0 fully saturated rings. The maximum Gasteiger partial charge on any atom is 0.157 e. The van der Waals surface area contributed by atoms with E-state index in [1.165, 1.54) is 0 Å². The molecule has 0 amide bonds. The van der Waals surface area contributed by atoms with Gasteiger partial charge in [0.05, 0.1) is 12.5 Å². The quantitative estimate of drug-likeness (QED) is 0.738. The molecule has 82 valence electrons. The Morgan fingerprint density at radius 3 is 2.94 bits per heavy atom. The number of para-hydroxylation sites is 1. The van der Waals surface area contributed by atoms with Crippen molar-refractivity contribution in [2.45, 2.75) is 6.92 Å². The second-order valence-corrected chi connectivity index (χ2v) is 3.44. The summed E-state index contributed by atoms with van der Waals surface area (Å²) in [6.45, 7) is 2.01. The molecule has 0 saturated heterocycles. The topological polar surface area (TPSA) is 39.4 Å². The van der Waals surface area contributed by atoms with Gasteiger partial charge in [-0.2, -0.15) is 0 Å². The summed E-state index contributed by atoms with van der Waals surface area (Å²) in [5.74, 6) is 0.732. The molecule has 0 aliphatic rings. The molecule has 3 heteroatoms. The second-order valence-electron chi connectivity index (χ2n) is 3.44. The first kappa shape index (κ1) is 10.5. The average Bonchev–Trinajstić information content (AvgIpc) is 2.80. The molecule has 0 bridgehead atoms. The van der Waals surface area contributed by atoms with Gasteiger partial charge in [0.15, 0.2) is 6.29 Å². The fourth-order valence-electron chi connectivity index (χ4n) is 1.61. The Hall–Kier alpha value is -2.03. The van der Waals surface area contributed by atoms with Crippen LogP contribution in [-0.4, -0.2) is 12.9 Å². The van der Waals surface area contributed by atoms with Crippen LogP contribution in [0.5, 0.6) is 5.75 Å². The third-order valence-corrected chi connectivity index (χ3v) is 2.34. The SMILES string of the molecule is Cc1cccc(-c2ccoc2)c1OCC=O. The van der Waals surface area contributed by atoms with Crippen LogP contribution in [0.2, 0.25) is 0 Å². The lowest BCUT2D eigenvalue weighted by Gasteiger charge is -2.10. The van der Waals surface area contributed by atoms with Crippen LogP contribution in [0.15, 0.2) is 41.2 Å². The van der Waals surface area contributed by atoms with Gasteiger partial charge in [-0.1, -0.05) is 18.2 Å². The van der Waals surface area contributed by atoms with Crippen molar-refractivity contribution >= 4 is 6.29 Å². The lowest BCUT2D eigenvalue weighted by Crippen LogP contribution is -2.00.